The second kappa shape index (κ2) is 7.36. The highest BCUT2D eigenvalue weighted by atomic mass is 19.1. The number of nitrogens with zero attached hydrogens (tertiary/aromatic N) is 5. The average molecular weight is 498 g/mol. The number of aliphatic hydroxyl groups is 1. The van der Waals surface area contributed by atoms with Crippen molar-refractivity contribution in [3.05, 3.63) is 72.2 Å². The van der Waals surface area contributed by atoms with Gasteiger partial charge in [-0.1, -0.05) is 0 Å². The van der Waals surface area contributed by atoms with E-state index >= 15 is 0 Å². The molecule has 0 unspecified atom stereocenters. The van der Waals surface area contributed by atoms with Gasteiger partial charge in [-0.25, -0.2) is 19.3 Å². The molecular weight excluding hydrogens is 473 g/mol. The zero-order valence-corrected chi connectivity index (χ0v) is 20.1. The second-order valence-electron chi connectivity index (χ2n) is 10.5. The molecule has 0 saturated heterocycles. The van der Waals surface area contributed by atoms with Gasteiger partial charge in [0.05, 0.1) is 11.4 Å². The molecule has 37 heavy (non-hydrogen) atoms. The van der Waals surface area contributed by atoms with Gasteiger partial charge < -0.3 is 20.6 Å². The van der Waals surface area contributed by atoms with Crippen molar-refractivity contribution in [2.75, 3.05) is 12.3 Å². The zero-order chi connectivity index (χ0) is 25.5. The Morgan fingerprint density at radius 1 is 1.08 bits per heavy atom. The van der Waals surface area contributed by atoms with Crippen LogP contribution in [0.25, 0.3) is 33.8 Å². The lowest BCUT2D eigenvalue weighted by atomic mass is 9.39. The van der Waals surface area contributed by atoms with Gasteiger partial charge in [0.25, 0.3) is 5.91 Å². The average Bonchev–Trinajstić information content (AvgIpc) is 3.45. The smallest absolute Gasteiger partial charge is 0.271 e. The third-order valence-corrected chi connectivity index (χ3v) is 7.80. The summed E-state index contributed by atoms with van der Waals surface area (Å²) in [5, 5.41) is 12.7. The maximum absolute atomic E-state index is 13.7. The molecule has 10 heteroatoms. The first-order chi connectivity index (χ1) is 17.8. The second-order valence-corrected chi connectivity index (χ2v) is 10.5. The van der Waals surface area contributed by atoms with Gasteiger partial charge in [0.2, 0.25) is 0 Å². The fourth-order valence-corrected chi connectivity index (χ4v) is 6.11. The Kier molecular flexibility index (Phi) is 4.36. The van der Waals surface area contributed by atoms with Crippen LogP contribution in [0.3, 0.4) is 0 Å². The number of imidazole rings is 2. The van der Waals surface area contributed by atoms with Gasteiger partial charge in [-0.3, -0.25) is 9.20 Å². The molecule has 3 saturated carbocycles. The van der Waals surface area contributed by atoms with Crippen molar-refractivity contribution in [1.82, 2.24) is 29.1 Å². The molecule has 1 amide bonds. The highest BCUT2D eigenvalue weighted by Crippen LogP contribution is 2.66. The van der Waals surface area contributed by atoms with Crippen molar-refractivity contribution in [2.45, 2.75) is 31.7 Å². The number of aromatic nitrogens is 5. The fourth-order valence-electron chi connectivity index (χ4n) is 6.11. The SMILES string of the molecule is Cc1cnc2ccc(-c3c(-c4ccc(F)cc4)nc(N)c4nc(C(=O)NC56CC(CO)(C5)C6)cn34)cn12. The maximum atomic E-state index is 13.7. The number of benzene rings is 1. The van der Waals surface area contributed by atoms with Crippen molar-refractivity contribution in [1.29, 1.82) is 0 Å². The number of halogens is 1. The number of hydrogen-bond donors (Lipinski definition) is 3. The number of hydrogen-bond acceptors (Lipinski definition) is 6. The summed E-state index contributed by atoms with van der Waals surface area (Å²) in [6.45, 7) is 2.12. The molecule has 2 bridgehead atoms. The third kappa shape index (κ3) is 3.18. The standard InChI is InChI=1S/C27H24FN7O2/c1-15-8-30-20-7-4-17(9-34(15)20)22-21(16-2-5-18(28)6-3-16)32-23(29)24-31-19(10-35(22)24)25(37)33-27-11-26(12-27,13-27)14-36/h2-10,36H,11-14H2,1H3,(H2,29,32)(H,33,37). The lowest BCUT2D eigenvalue weighted by molar-refractivity contribution is -0.172. The van der Waals surface area contributed by atoms with Crippen LogP contribution >= 0.6 is 0 Å². The summed E-state index contributed by atoms with van der Waals surface area (Å²) in [4.78, 5) is 26.8. The highest BCUT2D eigenvalue weighted by Gasteiger charge is 2.68. The minimum Gasteiger partial charge on any atom is -0.396 e. The van der Waals surface area contributed by atoms with Crippen LogP contribution in [0.1, 0.15) is 35.4 Å². The lowest BCUT2D eigenvalue weighted by Crippen LogP contribution is -2.75. The zero-order valence-electron chi connectivity index (χ0n) is 20.1. The van der Waals surface area contributed by atoms with E-state index in [-0.39, 0.29) is 40.8 Å². The van der Waals surface area contributed by atoms with Gasteiger partial charge in [0.15, 0.2) is 11.5 Å². The maximum Gasteiger partial charge on any atom is 0.271 e. The van der Waals surface area contributed by atoms with Crippen LogP contribution in [0.5, 0.6) is 0 Å². The molecular formula is C27H24FN7O2. The van der Waals surface area contributed by atoms with Gasteiger partial charge in [0.1, 0.15) is 17.2 Å². The van der Waals surface area contributed by atoms with Crippen LogP contribution in [0.4, 0.5) is 10.2 Å². The van der Waals surface area contributed by atoms with Crippen LogP contribution in [0.2, 0.25) is 0 Å². The van der Waals surface area contributed by atoms with E-state index in [0.29, 0.717) is 22.6 Å². The number of aliphatic hydroxyl groups excluding tert-OH is 1. The van der Waals surface area contributed by atoms with Gasteiger partial charge >= 0.3 is 0 Å². The minimum absolute atomic E-state index is 0.0259. The Labute approximate surface area is 210 Å². The summed E-state index contributed by atoms with van der Waals surface area (Å²) < 4.78 is 17.5. The third-order valence-electron chi connectivity index (χ3n) is 7.80. The topological polar surface area (TPSA) is 123 Å². The lowest BCUT2D eigenvalue weighted by Gasteiger charge is -2.70. The number of nitrogens with one attached hydrogen (secondary N) is 1. The Bertz CT molecular complexity index is 1720. The summed E-state index contributed by atoms with van der Waals surface area (Å²) >= 11 is 0. The van der Waals surface area contributed by atoms with E-state index in [2.05, 4.69) is 20.3 Å². The molecule has 4 aromatic heterocycles. The normalized spacial score (nSPS) is 22.1. The number of nitrogen functional groups attached to an aromatic ring is 1. The van der Waals surface area contributed by atoms with Crippen molar-refractivity contribution in [3.63, 3.8) is 0 Å². The van der Waals surface area contributed by atoms with E-state index in [1.807, 2.05) is 29.7 Å². The first kappa shape index (κ1) is 21.9. The number of pyridine rings is 1. The molecule has 4 heterocycles. The van der Waals surface area contributed by atoms with Crippen LogP contribution in [-0.4, -0.2) is 46.9 Å². The van der Waals surface area contributed by atoms with Crippen LogP contribution in [0, 0.1) is 18.2 Å². The number of anilines is 1. The fraction of sp³-hybridized carbons (Fsp3) is 0.259. The number of carbonyl (C=O) groups is 1. The number of nitrogens with two attached hydrogens (primary N) is 1. The summed E-state index contributed by atoms with van der Waals surface area (Å²) in [5.74, 6) is -0.482. The predicted octanol–water partition coefficient (Wildman–Crippen LogP) is 3.39. The summed E-state index contributed by atoms with van der Waals surface area (Å²) in [6.07, 6.45) is 7.76. The summed E-state index contributed by atoms with van der Waals surface area (Å²) in [7, 11) is 0. The van der Waals surface area contributed by atoms with Crippen LogP contribution in [0.15, 0.2) is 55.0 Å². The van der Waals surface area contributed by atoms with Crippen molar-refractivity contribution >= 4 is 23.0 Å². The molecule has 0 spiro atoms. The van der Waals surface area contributed by atoms with E-state index in [4.69, 9.17) is 5.73 Å². The van der Waals surface area contributed by atoms with Gasteiger partial charge in [-0.05, 0) is 62.6 Å². The van der Waals surface area contributed by atoms with E-state index in [1.54, 1.807) is 28.9 Å². The monoisotopic (exact) mass is 497 g/mol. The number of carbonyl (C=O) groups excluding carboxylic acids is 1. The highest BCUT2D eigenvalue weighted by molar-refractivity contribution is 5.95. The Hall–Kier alpha value is -4.31. The van der Waals surface area contributed by atoms with E-state index in [1.165, 1.54) is 12.1 Å². The molecule has 3 aliphatic carbocycles. The molecule has 3 fully saturated rings. The quantitative estimate of drug-likeness (QED) is 0.342. The number of fused-ring (bicyclic) bond motifs is 2. The molecule has 8 rings (SSSR count). The molecule has 9 nitrogen and oxygen atoms in total. The summed E-state index contributed by atoms with van der Waals surface area (Å²) in [5.41, 5.74) is 11.1. The van der Waals surface area contributed by atoms with E-state index < -0.39 is 0 Å². The van der Waals surface area contributed by atoms with Gasteiger partial charge in [0, 0.05) is 53.0 Å². The van der Waals surface area contributed by atoms with Gasteiger partial charge in [-0.2, -0.15) is 0 Å². The number of aryl methyl sites for hydroxylation is 1. The molecule has 1 aromatic carbocycles. The molecule has 0 atom stereocenters. The van der Waals surface area contributed by atoms with Gasteiger partial charge in [-0.15, -0.1) is 0 Å². The summed E-state index contributed by atoms with van der Waals surface area (Å²) in [6, 6.07) is 9.89. The minimum atomic E-state index is -0.354. The molecule has 0 aliphatic heterocycles. The Balaban J connectivity index is 1.39. The first-order valence-electron chi connectivity index (χ1n) is 12.1. The van der Waals surface area contributed by atoms with Crippen LogP contribution in [-0.2, 0) is 0 Å². The van der Waals surface area contributed by atoms with Crippen LogP contribution < -0.4 is 11.1 Å². The molecule has 4 N–H and O–H groups in total. The molecule has 3 aliphatic rings. The Morgan fingerprint density at radius 2 is 1.81 bits per heavy atom. The van der Waals surface area contributed by atoms with Crippen molar-refractivity contribution < 1.29 is 14.3 Å². The van der Waals surface area contributed by atoms with E-state index in [0.717, 1.165) is 36.2 Å². The van der Waals surface area contributed by atoms with Crippen molar-refractivity contribution in [2.24, 2.45) is 5.41 Å². The number of rotatable bonds is 5. The molecule has 5 aromatic rings. The van der Waals surface area contributed by atoms with E-state index in [9.17, 15) is 14.3 Å². The number of amides is 1. The Morgan fingerprint density at radius 3 is 2.54 bits per heavy atom. The molecule has 0 radical (unpaired) electrons. The first-order valence-corrected chi connectivity index (χ1v) is 12.1. The molecule has 186 valence electrons. The largest absolute Gasteiger partial charge is 0.396 e. The predicted molar refractivity (Wildman–Crippen MR) is 135 cm³/mol. The van der Waals surface area contributed by atoms with Crippen molar-refractivity contribution in [3.8, 4) is 22.5 Å².